The molecule has 1 saturated heterocycles. The normalized spacial score (nSPS) is 20.1. The molecule has 0 amide bonds. The lowest BCUT2D eigenvalue weighted by Gasteiger charge is -2.16. The number of hydrogen-bond donors (Lipinski definition) is 2. The zero-order chi connectivity index (χ0) is 14.4. The van der Waals surface area contributed by atoms with Gasteiger partial charge in [0, 0.05) is 18.3 Å². The number of para-hydroxylation sites is 1. The lowest BCUT2D eigenvalue weighted by atomic mass is 10.2. The summed E-state index contributed by atoms with van der Waals surface area (Å²) in [7, 11) is 0. The predicted octanol–water partition coefficient (Wildman–Crippen LogP) is 3.22. The van der Waals surface area contributed by atoms with Crippen LogP contribution in [0.4, 0.5) is 0 Å². The lowest BCUT2D eigenvalue weighted by Crippen LogP contribution is -2.34. The number of nitrogens with one attached hydrogen (secondary N) is 1. The van der Waals surface area contributed by atoms with E-state index in [9.17, 15) is 5.11 Å². The van der Waals surface area contributed by atoms with Crippen molar-refractivity contribution in [2.75, 3.05) is 25.4 Å². The Balaban J connectivity index is 1.68. The summed E-state index contributed by atoms with van der Waals surface area (Å²) in [6, 6.07) is 5.18. The largest absolute Gasteiger partial charge is 0.488 e. The van der Waals surface area contributed by atoms with Gasteiger partial charge in [0.1, 0.15) is 12.7 Å². The fourth-order valence-electron chi connectivity index (χ4n) is 2.08. The first-order valence-electron chi connectivity index (χ1n) is 6.74. The first-order valence-corrected chi connectivity index (χ1v) is 8.54. The van der Waals surface area contributed by atoms with Gasteiger partial charge in [0.15, 0.2) is 5.75 Å². The lowest BCUT2D eigenvalue weighted by molar-refractivity contribution is 0.107. The molecule has 1 heterocycles. The molecular formula is C14H19Cl2NO2S. The summed E-state index contributed by atoms with van der Waals surface area (Å²) in [5.74, 6) is 1.68. The summed E-state index contributed by atoms with van der Waals surface area (Å²) in [6.07, 6.45) is 1.99. The summed E-state index contributed by atoms with van der Waals surface area (Å²) in [5.41, 5.74) is 0. The van der Waals surface area contributed by atoms with Crippen molar-refractivity contribution in [3.05, 3.63) is 28.2 Å². The van der Waals surface area contributed by atoms with Crippen LogP contribution in [0.25, 0.3) is 0 Å². The third kappa shape index (κ3) is 5.01. The van der Waals surface area contributed by atoms with E-state index >= 15 is 0 Å². The van der Waals surface area contributed by atoms with Crippen molar-refractivity contribution in [1.29, 1.82) is 0 Å². The number of aliphatic hydroxyl groups excluding tert-OH is 1. The number of halogens is 2. The first kappa shape index (κ1) is 16.2. The average molecular weight is 336 g/mol. The monoisotopic (exact) mass is 335 g/mol. The summed E-state index contributed by atoms with van der Waals surface area (Å²) in [4.78, 5) is 0. The number of hydrogen-bond acceptors (Lipinski definition) is 4. The molecule has 112 valence electrons. The van der Waals surface area contributed by atoms with Crippen molar-refractivity contribution in [3.63, 3.8) is 0 Å². The minimum Gasteiger partial charge on any atom is -0.488 e. The minimum atomic E-state index is -0.575. The van der Waals surface area contributed by atoms with E-state index in [-0.39, 0.29) is 6.61 Å². The fraction of sp³-hybridized carbons (Fsp3) is 0.571. The molecule has 1 aliphatic rings. The maximum absolute atomic E-state index is 9.89. The Morgan fingerprint density at radius 2 is 2.15 bits per heavy atom. The molecular weight excluding hydrogens is 317 g/mol. The smallest absolute Gasteiger partial charge is 0.156 e. The molecule has 2 atom stereocenters. The third-order valence-corrected chi connectivity index (χ3v) is 5.11. The average Bonchev–Trinajstić information content (AvgIpc) is 2.91. The van der Waals surface area contributed by atoms with Crippen molar-refractivity contribution < 1.29 is 9.84 Å². The van der Waals surface area contributed by atoms with Crippen LogP contribution in [0, 0.1) is 0 Å². The highest BCUT2D eigenvalue weighted by atomic mass is 35.5. The van der Waals surface area contributed by atoms with Gasteiger partial charge in [-0.1, -0.05) is 29.3 Å². The Bertz CT molecular complexity index is 407. The van der Waals surface area contributed by atoms with Gasteiger partial charge in [0.25, 0.3) is 0 Å². The summed E-state index contributed by atoms with van der Waals surface area (Å²) in [6.45, 7) is 1.63. The molecule has 0 aliphatic carbocycles. The van der Waals surface area contributed by atoms with Gasteiger partial charge >= 0.3 is 0 Å². The van der Waals surface area contributed by atoms with Gasteiger partial charge in [-0.05, 0) is 30.7 Å². The van der Waals surface area contributed by atoms with Crippen molar-refractivity contribution in [3.8, 4) is 5.75 Å². The Morgan fingerprint density at radius 3 is 2.80 bits per heavy atom. The van der Waals surface area contributed by atoms with Crippen LogP contribution in [0.5, 0.6) is 5.75 Å². The molecule has 1 fully saturated rings. The maximum Gasteiger partial charge on any atom is 0.156 e. The van der Waals surface area contributed by atoms with Crippen LogP contribution in [0.15, 0.2) is 18.2 Å². The van der Waals surface area contributed by atoms with E-state index < -0.39 is 6.10 Å². The van der Waals surface area contributed by atoms with Crippen molar-refractivity contribution in [1.82, 2.24) is 5.32 Å². The van der Waals surface area contributed by atoms with E-state index in [1.165, 1.54) is 18.6 Å². The zero-order valence-corrected chi connectivity index (χ0v) is 13.5. The zero-order valence-electron chi connectivity index (χ0n) is 11.1. The second kappa shape index (κ2) is 8.35. The molecule has 3 nitrogen and oxygen atoms in total. The standard InChI is InChI=1S/C14H19Cl2NO2S/c15-12-4-1-5-13(16)14(12)19-9-10(18)7-17-8-11-3-2-6-20-11/h1,4-5,10-11,17-18H,2-3,6-9H2. The topological polar surface area (TPSA) is 41.5 Å². The second-order valence-electron chi connectivity index (χ2n) is 4.81. The van der Waals surface area contributed by atoms with Crippen LogP contribution in [-0.4, -0.2) is 41.9 Å². The molecule has 0 bridgehead atoms. The van der Waals surface area contributed by atoms with Crippen LogP contribution in [-0.2, 0) is 0 Å². The summed E-state index contributed by atoms with van der Waals surface area (Å²) >= 11 is 14.0. The fourth-order valence-corrected chi connectivity index (χ4v) is 3.82. The van der Waals surface area contributed by atoms with Crippen LogP contribution >= 0.6 is 35.0 Å². The van der Waals surface area contributed by atoms with E-state index in [1.54, 1.807) is 18.2 Å². The van der Waals surface area contributed by atoms with Crippen molar-refractivity contribution in [2.24, 2.45) is 0 Å². The van der Waals surface area contributed by atoms with Crippen molar-refractivity contribution in [2.45, 2.75) is 24.2 Å². The molecule has 1 aliphatic heterocycles. The Hall–Kier alpha value is -0.130. The predicted molar refractivity (Wildman–Crippen MR) is 86.3 cm³/mol. The van der Waals surface area contributed by atoms with Crippen LogP contribution < -0.4 is 10.1 Å². The number of ether oxygens (including phenoxy) is 1. The van der Waals surface area contributed by atoms with Gasteiger partial charge in [-0.25, -0.2) is 0 Å². The summed E-state index contributed by atoms with van der Waals surface area (Å²) in [5, 5.41) is 14.8. The number of aliphatic hydroxyl groups is 1. The highest BCUT2D eigenvalue weighted by molar-refractivity contribution is 8.00. The minimum absolute atomic E-state index is 0.175. The Morgan fingerprint density at radius 1 is 1.40 bits per heavy atom. The number of thioether (sulfide) groups is 1. The van der Waals surface area contributed by atoms with Gasteiger partial charge in [-0.3, -0.25) is 0 Å². The Kier molecular flexibility index (Phi) is 6.78. The molecule has 2 unspecified atom stereocenters. The SMILES string of the molecule is OC(CNCC1CCCS1)COc1c(Cl)cccc1Cl. The van der Waals surface area contributed by atoms with Gasteiger partial charge in [-0.2, -0.15) is 11.8 Å². The quantitative estimate of drug-likeness (QED) is 0.802. The molecule has 0 radical (unpaired) electrons. The maximum atomic E-state index is 9.89. The van der Waals surface area contributed by atoms with Gasteiger partial charge in [0.2, 0.25) is 0 Å². The molecule has 2 rings (SSSR count). The second-order valence-corrected chi connectivity index (χ2v) is 7.03. The van der Waals surface area contributed by atoms with E-state index in [2.05, 4.69) is 5.32 Å². The van der Waals surface area contributed by atoms with E-state index in [0.717, 1.165) is 6.54 Å². The molecule has 1 aromatic carbocycles. The highest BCUT2D eigenvalue weighted by Crippen LogP contribution is 2.32. The molecule has 0 aromatic heterocycles. The van der Waals surface area contributed by atoms with Gasteiger partial charge < -0.3 is 15.2 Å². The van der Waals surface area contributed by atoms with Crippen LogP contribution in [0.1, 0.15) is 12.8 Å². The van der Waals surface area contributed by atoms with Crippen LogP contribution in [0.2, 0.25) is 10.0 Å². The molecule has 0 spiro atoms. The highest BCUT2D eigenvalue weighted by Gasteiger charge is 2.16. The molecule has 0 saturated carbocycles. The van der Waals surface area contributed by atoms with Gasteiger partial charge in [-0.15, -0.1) is 0 Å². The Labute approximate surface area is 134 Å². The molecule has 2 N–H and O–H groups in total. The van der Waals surface area contributed by atoms with Crippen LogP contribution in [0.3, 0.4) is 0 Å². The van der Waals surface area contributed by atoms with E-state index in [0.29, 0.717) is 27.6 Å². The van der Waals surface area contributed by atoms with E-state index in [4.69, 9.17) is 27.9 Å². The number of rotatable bonds is 7. The van der Waals surface area contributed by atoms with Gasteiger partial charge in [0.05, 0.1) is 10.0 Å². The molecule has 20 heavy (non-hydrogen) atoms. The van der Waals surface area contributed by atoms with Crippen molar-refractivity contribution >= 4 is 35.0 Å². The molecule has 1 aromatic rings. The van der Waals surface area contributed by atoms with E-state index in [1.807, 2.05) is 11.8 Å². The third-order valence-electron chi connectivity index (χ3n) is 3.11. The molecule has 6 heteroatoms. The number of benzene rings is 1. The first-order chi connectivity index (χ1) is 9.66. The summed E-state index contributed by atoms with van der Waals surface area (Å²) < 4.78 is 5.49.